The molecule has 0 aliphatic heterocycles. The molecule has 5 nitrogen and oxygen atoms in total. The lowest BCUT2D eigenvalue weighted by molar-refractivity contribution is -0.376. The van der Waals surface area contributed by atoms with Crippen LogP contribution in [0.4, 0.5) is 0 Å². The molecule has 0 spiro atoms. The van der Waals surface area contributed by atoms with E-state index in [4.69, 9.17) is 19.3 Å². The average molecular weight is 240 g/mol. The molecule has 0 atom stereocenters. The highest BCUT2D eigenvalue weighted by molar-refractivity contribution is 5.74. The van der Waals surface area contributed by atoms with Gasteiger partial charge >= 0.3 is 5.97 Å². The third-order valence-electron chi connectivity index (χ3n) is 2.32. The number of aliphatic hydroxyl groups is 1. The monoisotopic (exact) mass is 240 g/mol. The number of rotatable bonds is 7. The maximum Gasteiger partial charge on any atom is 0.311 e. The lowest BCUT2D eigenvalue weighted by Crippen LogP contribution is -2.35. The molecule has 0 saturated heterocycles. The number of aldehydes is 1. The molecule has 1 aromatic rings. The Bertz CT molecular complexity index is 342. The zero-order chi connectivity index (χ0) is 12.7. The second-order valence-corrected chi connectivity index (χ2v) is 3.28. The SMILES string of the molecule is COC(OC)(OCCO)c1ccc(C=O)cc1. The predicted octanol–water partition coefficient (Wildman–Crippen LogP) is 0.911. The van der Waals surface area contributed by atoms with Crippen LogP contribution in [0.1, 0.15) is 15.9 Å². The summed E-state index contributed by atoms with van der Waals surface area (Å²) < 4.78 is 15.8. The van der Waals surface area contributed by atoms with Crippen molar-refractivity contribution in [2.24, 2.45) is 0 Å². The van der Waals surface area contributed by atoms with Crippen LogP contribution < -0.4 is 0 Å². The van der Waals surface area contributed by atoms with Crippen LogP contribution in [0, 0.1) is 0 Å². The van der Waals surface area contributed by atoms with Gasteiger partial charge in [-0.05, 0) is 0 Å². The first-order valence-electron chi connectivity index (χ1n) is 5.13. The quantitative estimate of drug-likeness (QED) is 0.567. The van der Waals surface area contributed by atoms with E-state index in [1.54, 1.807) is 24.3 Å². The molecule has 1 N–H and O–H groups in total. The van der Waals surface area contributed by atoms with Crippen molar-refractivity contribution in [3.05, 3.63) is 35.4 Å². The fourth-order valence-corrected chi connectivity index (χ4v) is 1.47. The van der Waals surface area contributed by atoms with Crippen molar-refractivity contribution >= 4 is 6.29 Å². The van der Waals surface area contributed by atoms with E-state index in [9.17, 15) is 4.79 Å². The van der Waals surface area contributed by atoms with Crippen molar-refractivity contribution in [2.75, 3.05) is 27.4 Å². The van der Waals surface area contributed by atoms with E-state index in [1.807, 2.05) is 0 Å². The Labute approximate surface area is 99.9 Å². The van der Waals surface area contributed by atoms with E-state index < -0.39 is 5.97 Å². The van der Waals surface area contributed by atoms with Crippen LogP contribution in [0.3, 0.4) is 0 Å². The number of aliphatic hydroxyl groups excluding tert-OH is 1. The van der Waals surface area contributed by atoms with Crippen LogP contribution in [0.2, 0.25) is 0 Å². The van der Waals surface area contributed by atoms with Gasteiger partial charge in [-0.2, -0.15) is 0 Å². The molecule has 5 heteroatoms. The van der Waals surface area contributed by atoms with Crippen LogP contribution >= 0.6 is 0 Å². The summed E-state index contributed by atoms with van der Waals surface area (Å²) in [5, 5.41) is 8.77. The van der Waals surface area contributed by atoms with Gasteiger partial charge < -0.3 is 19.3 Å². The van der Waals surface area contributed by atoms with Crippen molar-refractivity contribution in [3.8, 4) is 0 Å². The first kappa shape index (κ1) is 13.8. The van der Waals surface area contributed by atoms with E-state index in [1.165, 1.54) is 14.2 Å². The predicted molar refractivity (Wildman–Crippen MR) is 60.6 cm³/mol. The molecule has 0 aliphatic carbocycles. The molecule has 0 bridgehead atoms. The molecule has 0 radical (unpaired) electrons. The van der Waals surface area contributed by atoms with Crippen molar-refractivity contribution < 1.29 is 24.1 Å². The fraction of sp³-hybridized carbons (Fsp3) is 0.417. The summed E-state index contributed by atoms with van der Waals surface area (Å²) in [7, 11) is 2.88. The molecule has 1 rings (SSSR count). The minimum Gasteiger partial charge on any atom is -0.394 e. The normalized spacial score (nSPS) is 11.5. The lowest BCUT2D eigenvalue weighted by atomic mass is 10.1. The van der Waals surface area contributed by atoms with Crippen molar-refractivity contribution in [1.82, 2.24) is 0 Å². The third-order valence-corrected chi connectivity index (χ3v) is 2.32. The molecular formula is C12H16O5. The van der Waals surface area contributed by atoms with Crippen LogP contribution in [0.15, 0.2) is 24.3 Å². The lowest BCUT2D eigenvalue weighted by Gasteiger charge is -2.30. The number of benzene rings is 1. The fourth-order valence-electron chi connectivity index (χ4n) is 1.47. The minimum atomic E-state index is -1.36. The maximum absolute atomic E-state index is 10.6. The Hall–Kier alpha value is -1.27. The Balaban J connectivity index is 2.98. The Morgan fingerprint density at radius 2 is 1.82 bits per heavy atom. The summed E-state index contributed by atoms with van der Waals surface area (Å²) >= 11 is 0. The zero-order valence-electron chi connectivity index (χ0n) is 9.88. The second kappa shape index (κ2) is 6.46. The minimum absolute atomic E-state index is 0.0805. The Morgan fingerprint density at radius 1 is 1.24 bits per heavy atom. The highest BCUT2D eigenvalue weighted by Crippen LogP contribution is 2.27. The number of carbonyl (C=O) groups excluding carboxylic acids is 1. The second-order valence-electron chi connectivity index (χ2n) is 3.28. The molecule has 0 aromatic heterocycles. The van der Waals surface area contributed by atoms with Crippen molar-refractivity contribution in [2.45, 2.75) is 5.97 Å². The summed E-state index contributed by atoms with van der Waals surface area (Å²) in [6.45, 7) is -0.0575. The van der Waals surface area contributed by atoms with Gasteiger partial charge in [0.05, 0.1) is 13.2 Å². The number of hydrogen-bond donors (Lipinski definition) is 1. The molecule has 17 heavy (non-hydrogen) atoms. The van der Waals surface area contributed by atoms with Gasteiger partial charge in [0, 0.05) is 25.3 Å². The topological polar surface area (TPSA) is 65.0 Å². The van der Waals surface area contributed by atoms with E-state index in [2.05, 4.69) is 0 Å². The summed E-state index contributed by atoms with van der Waals surface area (Å²) in [6.07, 6.45) is 0.750. The van der Waals surface area contributed by atoms with Gasteiger partial charge in [-0.3, -0.25) is 4.79 Å². The van der Waals surface area contributed by atoms with Gasteiger partial charge in [0.2, 0.25) is 0 Å². The standard InChI is InChI=1S/C12H16O5/c1-15-12(16-2,17-8-7-13)11-5-3-10(9-14)4-6-11/h3-6,9,13H,7-8H2,1-2H3. The van der Waals surface area contributed by atoms with Gasteiger partial charge in [0.25, 0.3) is 0 Å². The van der Waals surface area contributed by atoms with Gasteiger partial charge in [-0.15, -0.1) is 0 Å². The summed E-state index contributed by atoms with van der Waals surface area (Å²) in [5.41, 5.74) is 1.17. The van der Waals surface area contributed by atoms with Gasteiger partial charge in [0.15, 0.2) is 0 Å². The molecule has 0 aliphatic rings. The van der Waals surface area contributed by atoms with Gasteiger partial charge in [0.1, 0.15) is 6.29 Å². The molecular weight excluding hydrogens is 224 g/mol. The molecule has 0 fully saturated rings. The average Bonchev–Trinajstić information content (AvgIpc) is 2.41. The van der Waals surface area contributed by atoms with Crippen molar-refractivity contribution in [1.29, 1.82) is 0 Å². The summed E-state index contributed by atoms with van der Waals surface area (Å²) in [5.74, 6) is -1.36. The molecule has 0 heterocycles. The van der Waals surface area contributed by atoms with Crippen molar-refractivity contribution in [3.63, 3.8) is 0 Å². The highest BCUT2D eigenvalue weighted by atomic mass is 16.9. The Morgan fingerprint density at radius 3 is 2.24 bits per heavy atom. The molecule has 0 saturated carbocycles. The highest BCUT2D eigenvalue weighted by Gasteiger charge is 2.33. The van der Waals surface area contributed by atoms with Crippen LogP contribution in [0.5, 0.6) is 0 Å². The first-order valence-corrected chi connectivity index (χ1v) is 5.13. The largest absolute Gasteiger partial charge is 0.394 e. The molecule has 1 aromatic carbocycles. The van der Waals surface area contributed by atoms with E-state index in [0.717, 1.165) is 6.29 Å². The molecule has 94 valence electrons. The smallest absolute Gasteiger partial charge is 0.311 e. The zero-order valence-corrected chi connectivity index (χ0v) is 9.88. The van der Waals surface area contributed by atoms with E-state index >= 15 is 0 Å². The first-order chi connectivity index (χ1) is 8.22. The van der Waals surface area contributed by atoms with Crippen LogP contribution in [-0.2, 0) is 20.2 Å². The molecule has 0 amide bonds. The number of hydrogen-bond acceptors (Lipinski definition) is 5. The van der Waals surface area contributed by atoms with Crippen LogP contribution in [0.25, 0.3) is 0 Å². The summed E-state index contributed by atoms with van der Waals surface area (Å²) in [4.78, 5) is 10.6. The Kier molecular flexibility index (Phi) is 5.24. The van der Waals surface area contributed by atoms with Crippen LogP contribution in [-0.4, -0.2) is 38.8 Å². The maximum atomic E-state index is 10.6. The number of methoxy groups -OCH3 is 2. The third kappa shape index (κ3) is 3.10. The van der Waals surface area contributed by atoms with Gasteiger partial charge in [-0.1, -0.05) is 24.3 Å². The van der Waals surface area contributed by atoms with E-state index in [-0.39, 0.29) is 13.2 Å². The number of ether oxygens (including phenoxy) is 3. The summed E-state index contributed by atoms with van der Waals surface area (Å²) in [6, 6.07) is 6.62. The van der Waals surface area contributed by atoms with Gasteiger partial charge in [-0.25, -0.2) is 0 Å². The molecule has 0 unspecified atom stereocenters. The number of carbonyl (C=O) groups is 1. The van der Waals surface area contributed by atoms with E-state index in [0.29, 0.717) is 11.1 Å².